The van der Waals surface area contributed by atoms with Crippen LogP contribution in [0.25, 0.3) is 5.69 Å². The van der Waals surface area contributed by atoms with E-state index in [1.165, 1.54) is 12.1 Å². The molecule has 1 amide bonds. The van der Waals surface area contributed by atoms with Gasteiger partial charge in [-0.25, -0.2) is 0 Å². The number of thioether (sulfide) groups is 1. The third-order valence-electron chi connectivity index (χ3n) is 3.63. The van der Waals surface area contributed by atoms with E-state index in [9.17, 15) is 18.0 Å². The molecule has 0 aliphatic heterocycles. The number of benzene rings is 2. The van der Waals surface area contributed by atoms with Gasteiger partial charge in [-0.05, 0) is 52.7 Å². The first-order valence-electron chi connectivity index (χ1n) is 8.02. The summed E-state index contributed by atoms with van der Waals surface area (Å²) in [6.45, 7) is 1.92. The van der Waals surface area contributed by atoms with Crippen molar-refractivity contribution in [1.82, 2.24) is 14.8 Å². The molecule has 0 saturated carbocycles. The lowest BCUT2D eigenvalue weighted by atomic mass is 10.2. The molecule has 2 aromatic carbocycles. The molecule has 0 aliphatic carbocycles. The van der Waals surface area contributed by atoms with Crippen molar-refractivity contribution in [3.05, 3.63) is 64.4 Å². The number of nitrogens with zero attached hydrogens (tertiary/aromatic N) is 3. The number of rotatable bonds is 5. The molecule has 1 N–H and O–H groups in total. The molecule has 5 nitrogen and oxygen atoms in total. The van der Waals surface area contributed by atoms with Crippen LogP contribution >= 0.6 is 27.7 Å². The molecule has 0 spiro atoms. The van der Waals surface area contributed by atoms with Crippen molar-refractivity contribution < 1.29 is 18.0 Å². The maximum atomic E-state index is 13.3. The van der Waals surface area contributed by atoms with E-state index in [2.05, 4.69) is 31.4 Å². The quantitative estimate of drug-likeness (QED) is 0.527. The van der Waals surface area contributed by atoms with E-state index in [0.717, 1.165) is 26.4 Å². The van der Waals surface area contributed by atoms with Crippen LogP contribution in [0.15, 0.2) is 58.2 Å². The Labute approximate surface area is 171 Å². The highest BCUT2D eigenvalue weighted by Crippen LogP contribution is 2.33. The van der Waals surface area contributed by atoms with Crippen molar-refractivity contribution in [1.29, 1.82) is 0 Å². The summed E-state index contributed by atoms with van der Waals surface area (Å²) in [4.78, 5) is 12.2. The fourth-order valence-corrected chi connectivity index (χ4v) is 3.74. The summed E-state index contributed by atoms with van der Waals surface area (Å²) in [5.74, 6) is -1.63. The molecular formula is C18H14BrF3N4OS. The van der Waals surface area contributed by atoms with E-state index in [1.807, 2.05) is 19.1 Å². The number of carbonyl (C=O) groups is 1. The lowest BCUT2D eigenvalue weighted by Crippen LogP contribution is -2.16. The summed E-state index contributed by atoms with van der Waals surface area (Å²) in [6.07, 6.45) is -4.67. The molecule has 0 radical (unpaired) electrons. The van der Waals surface area contributed by atoms with Crippen LogP contribution in [-0.4, -0.2) is 26.4 Å². The normalized spacial score (nSPS) is 11.5. The predicted molar refractivity (Wildman–Crippen MR) is 105 cm³/mol. The molecule has 3 aromatic rings. The van der Waals surface area contributed by atoms with Crippen molar-refractivity contribution in [2.24, 2.45) is 0 Å². The Kier molecular flexibility index (Phi) is 6.09. The first-order chi connectivity index (χ1) is 13.3. The number of carbonyl (C=O) groups excluding carboxylic acids is 1. The summed E-state index contributed by atoms with van der Waals surface area (Å²) in [6, 6.07) is 13.4. The summed E-state index contributed by atoms with van der Waals surface area (Å²) >= 11 is 4.24. The zero-order chi connectivity index (χ0) is 20.3. The SMILES string of the molecule is Cc1ccc(NC(=O)CSc2nnc(C(F)(F)F)n2-c2ccccc2)c(Br)c1. The van der Waals surface area contributed by atoms with Crippen LogP contribution < -0.4 is 5.32 Å². The van der Waals surface area contributed by atoms with Gasteiger partial charge in [-0.15, -0.1) is 10.2 Å². The number of hydrogen-bond donors (Lipinski definition) is 1. The number of alkyl halides is 3. The summed E-state index contributed by atoms with van der Waals surface area (Å²) in [5, 5.41) is 9.61. The van der Waals surface area contributed by atoms with Gasteiger partial charge in [-0.2, -0.15) is 13.2 Å². The molecule has 0 saturated heterocycles. The van der Waals surface area contributed by atoms with Crippen LogP contribution in [0.5, 0.6) is 0 Å². The van der Waals surface area contributed by atoms with Crippen molar-refractivity contribution >= 4 is 39.3 Å². The largest absolute Gasteiger partial charge is 0.452 e. The molecule has 146 valence electrons. The highest BCUT2D eigenvalue weighted by atomic mass is 79.9. The van der Waals surface area contributed by atoms with E-state index in [4.69, 9.17) is 0 Å². The maximum Gasteiger partial charge on any atom is 0.452 e. The third kappa shape index (κ3) is 4.74. The second kappa shape index (κ2) is 8.36. The number of anilines is 1. The van der Waals surface area contributed by atoms with E-state index in [-0.39, 0.29) is 22.5 Å². The summed E-state index contributed by atoms with van der Waals surface area (Å²) < 4.78 is 41.5. The van der Waals surface area contributed by atoms with Gasteiger partial charge in [0.15, 0.2) is 5.16 Å². The van der Waals surface area contributed by atoms with E-state index in [1.54, 1.807) is 24.3 Å². The number of nitrogens with one attached hydrogen (secondary N) is 1. The van der Waals surface area contributed by atoms with Gasteiger partial charge in [0, 0.05) is 10.2 Å². The molecule has 28 heavy (non-hydrogen) atoms. The molecule has 1 heterocycles. The van der Waals surface area contributed by atoms with Gasteiger partial charge in [-0.1, -0.05) is 36.0 Å². The second-order valence-electron chi connectivity index (χ2n) is 5.80. The Morgan fingerprint density at radius 2 is 1.89 bits per heavy atom. The molecule has 0 unspecified atom stereocenters. The summed E-state index contributed by atoms with van der Waals surface area (Å²) in [5.41, 5.74) is 1.87. The monoisotopic (exact) mass is 470 g/mol. The standard InChI is InChI=1S/C18H14BrF3N4OS/c1-11-7-8-14(13(19)9-11)23-15(27)10-28-17-25-24-16(18(20,21)22)26(17)12-5-3-2-4-6-12/h2-9H,10H2,1H3,(H,23,27). The van der Waals surface area contributed by atoms with Crippen LogP contribution in [-0.2, 0) is 11.0 Å². The van der Waals surface area contributed by atoms with Crippen molar-refractivity contribution in [3.63, 3.8) is 0 Å². The number of hydrogen-bond acceptors (Lipinski definition) is 4. The van der Waals surface area contributed by atoms with Crippen molar-refractivity contribution in [3.8, 4) is 5.69 Å². The number of halogens is 4. The maximum absolute atomic E-state index is 13.3. The minimum absolute atomic E-state index is 0.0170. The van der Waals surface area contributed by atoms with E-state index in [0.29, 0.717) is 5.69 Å². The highest BCUT2D eigenvalue weighted by molar-refractivity contribution is 9.10. The third-order valence-corrected chi connectivity index (χ3v) is 5.22. The molecule has 3 rings (SSSR count). The minimum Gasteiger partial charge on any atom is -0.324 e. The molecule has 0 bridgehead atoms. The van der Waals surface area contributed by atoms with Crippen LogP contribution in [0.4, 0.5) is 18.9 Å². The van der Waals surface area contributed by atoms with Gasteiger partial charge in [0.2, 0.25) is 11.7 Å². The average Bonchev–Trinajstić information content (AvgIpc) is 3.07. The fourth-order valence-electron chi connectivity index (χ4n) is 2.39. The highest BCUT2D eigenvalue weighted by Gasteiger charge is 2.39. The van der Waals surface area contributed by atoms with Crippen LogP contribution in [0, 0.1) is 6.92 Å². The summed E-state index contributed by atoms with van der Waals surface area (Å²) in [7, 11) is 0. The zero-order valence-electron chi connectivity index (χ0n) is 14.5. The zero-order valence-corrected chi connectivity index (χ0v) is 16.9. The Balaban J connectivity index is 1.79. The van der Waals surface area contributed by atoms with Gasteiger partial charge < -0.3 is 5.32 Å². The van der Waals surface area contributed by atoms with E-state index >= 15 is 0 Å². The van der Waals surface area contributed by atoms with Crippen molar-refractivity contribution in [2.45, 2.75) is 18.3 Å². The molecule has 10 heteroatoms. The lowest BCUT2D eigenvalue weighted by molar-refractivity contribution is -0.146. The lowest BCUT2D eigenvalue weighted by Gasteiger charge is -2.12. The molecule has 0 aliphatic rings. The second-order valence-corrected chi connectivity index (χ2v) is 7.59. The molecule has 1 aromatic heterocycles. The van der Waals surface area contributed by atoms with E-state index < -0.39 is 12.0 Å². The number of para-hydroxylation sites is 1. The van der Waals surface area contributed by atoms with Crippen LogP contribution in [0.3, 0.4) is 0 Å². The van der Waals surface area contributed by atoms with Gasteiger partial charge >= 0.3 is 6.18 Å². The van der Waals surface area contributed by atoms with Gasteiger partial charge in [0.05, 0.1) is 11.4 Å². The first-order valence-corrected chi connectivity index (χ1v) is 9.80. The van der Waals surface area contributed by atoms with Gasteiger partial charge in [0.1, 0.15) is 0 Å². The topological polar surface area (TPSA) is 59.8 Å². The minimum atomic E-state index is -4.67. The van der Waals surface area contributed by atoms with Crippen LogP contribution in [0.2, 0.25) is 0 Å². The molecule has 0 fully saturated rings. The Bertz CT molecular complexity index is 992. The Morgan fingerprint density at radius 1 is 1.18 bits per heavy atom. The number of amides is 1. The van der Waals surface area contributed by atoms with Gasteiger partial charge in [0.25, 0.3) is 0 Å². The van der Waals surface area contributed by atoms with Gasteiger partial charge in [-0.3, -0.25) is 9.36 Å². The Morgan fingerprint density at radius 3 is 2.54 bits per heavy atom. The molecule has 0 atom stereocenters. The Hall–Kier alpha value is -2.33. The van der Waals surface area contributed by atoms with Crippen molar-refractivity contribution in [2.75, 3.05) is 11.1 Å². The predicted octanol–water partition coefficient (Wildman–Crippen LogP) is 5.09. The first kappa shape index (κ1) is 20.4. The molecular weight excluding hydrogens is 457 g/mol. The average molecular weight is 471 g/mol. The van der Waals surface area contributed by atoms with Crippen LogP contribution in [0.1, 0.15) is 11.4 Å². The number of aromatic nitrogens is 3. The number of aryl methyl sites for hydroxylation is 1. The fraction of sp³-hybridized carbons (Fsp3) is 0.167. The smallest absolute Gasteiger partial charge is 0.324 e.